The van der Waals surface area contributed by atoms with Gasteiger partial charge in [-0.05, 0) is 24.0 Å². The van der Waals surface area contributed by atoms with E-state index in [0.717, 1.165) is 17.9 Å². The molecule has 0 bridgehead atoms. The SMILES string of the molecule is NC1c2ccccc2CCC1Sc1cnccn1. The topological polar surface area (TPSA) is 51.8 Å². The standard InChI is InChI=1S/C14H15N3S/c15-14-11-4-2-1-3-10(11)5-6-12(14)18-13-9-16-7-8-17-13/h1-4,7-9,12,14H,5-6,15H2. The van der Waals surface area contributed by atoms with Crippen molar-refractivity contribution >= 4 is 11.8 Å². The van der Waals surface area contributed by atoms with Gasteiger partial charge in [-0.2, -0.15) is 0 Å². The molecule has 0 radical (unpaired) electrons. The van der Waals surface area contributed by atoms with Crippen molar-refractivity contribution in [1.82, 2.24) is 9.97 Å². The number of aryl methyl sites for hydroxylation is 1. The van der Waals surface area contributed by atoms with Gasteiger partial charge in [0.2, 0.25) is 0 Å². The van der Waals surface area contributed by atoms with E-state index in [9.17, 15) is 0 Å². The van der Waals surface area contributed by atoms with Crippen molar-refractivity contribution in [2.24, 2.45) is 5.73 Å². The van der Waals surface area contributed by atoms with Gasteiger partial charge in [0.05, 0.1) is 6.20 Å². The summed E-state index contributed by atoms with van der Waals surface area (Å²) in [5.41, 5.74) is 9.04. The van der Waals surface area contributed by atoms with Gasteiger partial charge in [0, 0.05) is 23.7 Å². The van der Waals surface area contributed by atoms with E-state index in [4.69, 9.17) is 5.73 Å². The van der Waals surface area contributed by atoms with Crippen molar-refractivity contribution in [3.63, 3.8) is 0 Å². The zero-order chi connectivity index (χ0) is 12.4. The quantitative estimate of drug-likeness (QED) is 0.898. The number of thioether (sulfide) groups is 1. The minimum Gasteiger partial charge on any atom is -0.323 e. The Morgan fingerprint density at radius 1 is 1.22 bits per heavy atom. The van der Waals surface area contributed by atoms with E-state index < -0.39 is 0 Å². The second kappa shape index (κ2) is 5.08. The van der Waals surface area contributed by atoms with Crippen molar-refractivity contribution in [2.75, 3.05) is 0 Å². The van der Waals surface area contributed by atoms with Gasteiger partial charge < -0.3 is 5.73 Å². The zero-order valence-corrected chi connectivity index (χ0v) is 10.8. The third kappa shape index (κ3) is 2.26. The Balaban J connectivity index is 1.81. The van der Waals surface area contributed by atoms with Gasteiger partial charge in [-0.3, -0.25) is 4.98 Å². The van der Waals surface area contributed by atoms with E-state index in [1.165, 1.54) is 11.1 Å². The molecule has 3 nitrogen and oxygen atoms in total. The fourth-order valence-electron chi connectivity index (χ4n) is 2.40. The van der Waals surface area contributed by atoms with Crippen LogP contribution in [0.1, 0.15) is 23.6 Å². The molecule has 0 spiro atoms. The summed E-state index contributed by atoms with van der Waals surface area (Å²) >= 11 is 1.74. The second-order valence-corrected chi connectivity index (χ2v) is 5.72. The smallest absolute Gasteiger partial charge is 0.115 e. The number of benzene rings is 1. The summed E-state index contributed by atoms with van der Waals surface area (Å²) in [6, 6.07) is 8.55. The predicted octanol–water partition coefficient (Wildman–Crippen LogP) is 2.58. The van der Waals surface area contributed by atoms with E-state index in [2.05, 4.69) is 34.2 Å². The lowest BCUT2D eigenvalue weighted by atomic mass is 9.88. The highest BCUT2D eigenvalue weighted by atomic mass is 32.2. The number of nitrogens with zero attached hydrogens (tertiary/aromatic N) is 2. The highest BCUT2D eigenvalue weighted by Crippen LogP contribution is 2.37. The molecule has 1 aromatic heterocycles. The Hall–Kier alpha value is -1.39. The molecule has 2 unspecified atom stereocenters. The van der Waals surface area contributed by atoms with Crippen LogP contribution in [0.5, 0.6) is 0 Å². The summed E-state index contributed by atoms with van der Waals surface area (Å²) in [4.78, 5) is 8.40. The van der Waals surface area contributed by atoms with Crippen molar-refractivity contribution in [3.05, 3.63) is 54.0 Å². The maximum Gasteiger partial charge on any atom is 0.115 e. The van der Waals surface area contributed by atoms with E-state index in [0.29, 0.717) is 5.25 Å². The van der Waals surface area contributed by atoms with Crippen LogP contribution in [0.4, 0.5) is 0 Å². The second-order valence-electron chi connectivity index (χ2n) is 4.46. The first-order valence-corrected chi connectivity index (χ1v) is 6.98. The minimum absolute atomic E-state index is 0.0851. The van der Waals surface area contributed by atoms with Gasteiger partial charge in [0.1, 0.15) is 5.03 Å². The molecule has 92 valence electrons. The summed E-state index contributed by atoms with van der Waals surface area (Å²) in [5, 5.41) is 1.34. The van der Waals surface area contributed by atoms with Gasteiger partial charge >= 0.3 is 0 Å². The molecule has 0 saturated heterocycles. The molecule has 0 fully saturated rings. The summed E-state index contributed by atoms with van der Waals surface area (Å²) in [6.07, 6.45) is 7.42. The molecule has 3 rings (SSSR count). The largest absolute Gasteiger partial charge is 0.323 e. The molecule has 18 heavy (non-hydrogen) atoms. The van der Waals surface area contributed by atoms with E-state index in [1.807, 2.05) is 0 Å². The lowest BCUT2D eigenvalue weighted by Crippen LogP contribution is -2.29. The lowest BCUT2D eigenvalue weighted by molar-refractivity contribution is 0.586. The third-order valence-electron chi connectivity index (χ3n) is 3.32. The fraction of sp³-hybridized carbons (Fsp3) is 0.286. The lowest BCUT2D eigenvalue weighted by Gasteiger charge is -2.30. The van der Waals surface area contributed by atoms with Gasteiger partial charge in [-0.15, -0.1) is 0 Å². The Bertz CT molecular complexity index is 530. The van der Waals surface area contributed by atoms with Crippen molar-refractivity contribution in [1.29, 1.82) is 0 Å². The molecular weight excluding hydrogens is 242 g/mol. The Morgan fingerprint density at radius 3 is 2.94 bits per heavy atom. The number of nitrogens with two attached hydrogens (primary N) is 1. The first kappa shape index (κ1) is 11.7. The zero-order valence-electron chi connectivity index (χ0n) is 9.99. The molecule has 2 atom stereocenters. The Kier molecular flexibility index (Phi) is 3.30. The summed E-state index contributed by atoms with van der Waals surface area (Å²) in [7, 11) is 0. The van der Waals surface area contributed by atoms with Crippen LogP contribution in [0.15, 0.2) is 47.9 Å². The number of fused-ring (bicyclic) bond motifs is 1. The Morgan fingerprint density at radius 2 is 2.11 bits per heavy atom. The van der Waals surface area contributed by atoms with Crippen LogP contribution in [0, 0.1) is 0 Å². The maximum absolute atomic E-state index is 6.37. The molecule has 1 aliphatic rings. The van der Waals surface area contributed by atoms with Crippen LogP contribution in [-0.4, -0.2) is 15.2 Å². The van der Waals surface area contributed by atoms with Gasteiger partial charge in [-0.25, -0.2) is 4.98 Å². The maximum atomic E-state index is 6.37. The summed E-state index contributed by atoms with van der Waals surface area (Å²) in [5.74, 6) is 0. The molecule has 0 aliphatic heterocycles. The molecule has 0 saturated carbocycles. The number of hydrogen-bond acceptors (Lipinski definition) is 4. The van der Waals surface area contributed by atoms with Gasteiger partial charge in [-0.1, -0.05) is 36.0 Å². The number of rotatable bonds is 2. The highest BCUT2D eigenvalue weighted by Gasteiger charge is 2.27. The first-order chi connectivity index (χ1) is 8.84. The van der Waals surface area contributed by atoms with Crippen molar-refractivity contribution < 1.29 is 0 Å². The van der Waals surface area contributed by atoms with Crippen LogP contribution >= 0.6 is 11.8 Å². The van der Waals surface area contributed by atoms with Crippen LogP contribution in [0.3, 0.4) is 0 Å². The fourth-order valence-corrected chi connectivity index (χ4v) is 3.48. The van der Waals surface area contributed by atoms with Gasteiger partial charge in [0.25, 0.3) is 0 Å². The summed E-state index contributed by atoms with van der Waals surface area (Å²) < 4.78 is 0. The Labute approximate surface area is 111 Å². The summed E-state index contributed by atoms with van der Waals surface area (Å²) in [6.45, 7) is 0. The van der Waals surface area contributed by atoms with Crippen molar-refractivity contribution in [3.8, 4) is 0 Å². The van der Waals surface area contributed by atoms with Crippen molar-refractivity contribution in [2.45, 2.75) is 29.2 Å². The molecule has 2 N–H and O–H groups in total. The molecule has 4 heteroatoms. The van der Waals surface area contributed by atoms with Gasteiger partial charge in [0.15, 0.2) is 0 Å². The predicted molar refractivity (Wildman–Crippen MR) is 73.4 cm³/mol. The minimum atomic E-state index is 0.0851. The highest BCUT2D eigenvalue weighted by molar-refractivity contribution is 7.99. The van der Waals surface area contributed by atoms with E-state index in [-0.39, 0.29) is 6.04 Å². The average molecular weight is 257 g/mol. The average Bonchev–Trinajstić information content (AvgIpc) is 2.43. The van der Waals surface area contributed by atoms with E-state index in [1.54, 1.807) is 30.4 Å². The molecule has 0 amide bonds. The molecule has 1 heterocycles. The number of aromatic nitrogens is 2. The first-order valence-electron chi connectivity index (χ1n) is 6.10. The molecule has 1 aromatic carbocycles. The molecule has 1 aliphatic carbocycles. The normalized spacial score (nSPS) is 22.5. The van der Waals surface area contributed by atoms with Crippen LogP contribution in [-0.2, 0) is 6.42 Å². The third-order valence-corrected chi connectivity index (χ3v) is 4.61. The van der Waals surface area contributed by atoms with Crippen LogP contribution < -0.4 is 5.73 Å². The van der Waals surface area contributed by atoms with E-state index >= 15 is 0 Å². The molecular formula is C14H15N3S. The monoisotopic (exact) mass is 257 g/mol. The van der Waals surface area contributed by atoms with Crippen LogP contribution in [0.25, 0.3) is 0 Å². The molecule has 2 aromatic rings. The van der Waals surface area contributed by atoms with Crippen LogP contribution in [0.2, 0.25) is 0 Å². The number of hydrogen-bond donors (Lipinski definition) is 1.